The molecular formula is C14H12N2O4S. The maximum atomic E-state index is 11.8. The summed E-state index contributed by atoms with van der Waals surface area (Å²) >= 11 is 0.962. The Kier molecular flexibility index (Phi) is 4.68. The summed E-state index contributed by atoms with van der Waals surface area (Å²) in [5.74, 6) is -1.10. The Bertz CT molecular complexity index is 679. The van der Waals surface area contributed by atoms with Crippen molar-refractivity contribution in [2.75, 3.05) is 7.11 Å². The minimum atomic E-state index is -0.686. The Hall–Kier alpha value is -2.67. The molecule has 0 saturated carbocycles. The van der Waals surface area contributed by atoms with Gasteiger partial charge in [0.05, 0.1) is 7.11 Å². The van der Waals surface area contributed by atoms with Gasteiger partial charge < -0.3 is 15.3 Å². The molecule has 1 aromatic heterocycles. The van der Waals surface area contributed by atoms with Crippen LogP contribution in [0.25, 0.3) is 0 Å². The van der Waals surface area contributed by atoms with Gasteiger partial charge >= 0.3 is 11.9 Å². The number of nitrogens with two attached hydrogens (primary N) is 1. The van der Waals surface area contributed by atoms with E-state index in [1.165, 1.54) is 19.2 Å². The first kappa shape index (κ1) is 14.7. The van der Waals surface area contributed by atoms with E-state index in [9.17, 15) is 9.59 Å². The van der Waals surface area contributed by atoms with Gasteiger partial charge in [-0.05, 0) is 12.1 Å². The Balaban J connectivity index is 2.05. The van der Waals surface area contributed by atoms with Crippen molar-refractivity contribution in [2.24, 2.45) is 10.9 Å². The number of hydrogen-bond acceptors (Lipinski definition) is 6. The van der Waals surface area contributed by atoms with Crippen LogP contribution >= 0.6 is 11.3 Å². The van der Waals surface area contributed by atoms with Crippen LogP contribution in [0.2, 0.25) is 0 Å². The summed E-state index contributed by atoms with van der Waals surface area (Å²) in [5, 5.41) is 3.58. The SMILES string of the molecule is COC(=O)c1ccc(C(=O)O/N=C(\N)c2ccccc2)s1. The van der Waals surface area contributed by atoms with Gasteiger partial charge in [-0.3, -0.25) is 0 Å². The van der Waals surface area contributed by atoms with Gasteiger partial charge in [0.2, 0.25) is 0 Å². The summed E-state index contributed by atoms with van der Waals surface area (Å²) in [6, 6.07) is 11.9. The number of thiophene rings is 1. The fourth-order valence-electron chi connectivity index (χ4n) is 1.46. The zero-order chi connectivity index (χ0) is 15.2. The van der Waals surface area contributed by atoms with Crippen molar-refractivity contribution in [1.82, 2.24) is 0 Å². The second kappa shape index (κ2) is 6.67. The zero-order valence-electron chi connectivity index (χ0n) is 11.1. The van der Waals surface area contributed by atoms with Gasteiger partial charge in [-0.2, -0.15) is 0 Å². The summed E-state index contributed by atoms with van der Waals surface area (Å²) in [7, 11) is 1.27. The number of methoxy groups -OCH3 is 1. The molecule has 0 atom stereocenters. The van der Waals surface area contributed by atoms with Crippen LogP contribution < -0.4 is 5.73 Å². The number of carbonyl (C=O) groups is 2. The van der Waals surface area contributed by atoms with Gasteiger partial charge in [0.1, 0.15) is 9.75 Å². The second-order valence-corrected chi connectivity index (χ2v) is 4.96. The number of rotatable bonds is 4. The van der Waals surface area contributed by atoms with E-state index in [0.29, 0.717) is 10.4 Å². The lowest BCUT2D eigenvalue weighted by atomic mass is 10.2. The van der Waals surface area contributed by atoms with E-state index < -0.39 is 11.9 Å². The van der Waals surface area contributed by atoms with Crippen LogP contribution in [-0.4, -0.2) is 24.9 Å². The summed E-state index contributed by atoms with van der Waals surface area (Å²) in [6.07, 6.45) is 0. The van der Waals surface area contributed by atoms with E-state index >= 15 is 0 Å². The fourth-order valence-corrected chi connectivity index (χ4v) is 2.25. The Morgan fingerprint density at radius 3 is 2.29 bits per heavy atom. The van der Waals surface area contributed by atoms with Crippen molar-refractivity contribution in [3.63, 3.8) is 0 Å². The minimum Gasteiger partial charge on any atom is -0.465 e. The summed E-state index contributed by atoms with van der Waals surface area (Å²) < 4.78 is 4.56. The highest BCUT2D eigenvalue weighted by atomic mass is 32.1. The molecule has 1 heterocycles. The van der Waals surface area contributed by atoms with Gasteiger partial charge in [0.25, 0.3) is 0 Å². The van der Waals surface area contributed by atoms with Crippen molar-refractivity contribution in [3.8, 4) is 0 Å². The molecule has 2 aromatic rings. The third kappa shape index (κ3) is 3.67. The first-order valence-corrected chi connectivity index (χ1v) is 6.72. The Morgan fingerprint density at radius 1 is 1.05 bits per heavy atom. The minimum absolute atomic E-state index is 0.0914. The van der Waals surface area contributed by atoms with Gasteiger partial charge in [-0.1, -0.05) is 35.5 Å². The molecule has 0 bridgehead atoms. The smallest absolute Gasteiger partial charge is 0.375 e. The number of nitrogens with zero attached hydrogens (tertiary/aromatic N) is 1. The topological polar surface area (TPSA) is 91.0 Å². The molecule has 6 nitrogen and oxygen atoms in total. The first-order chi connectivity index (χ1) is 10.1. The van der Waals surface area contributed by atoms with E-state index in [-0.39, 0.29) is 10.7 Å². The van der Waals surface area contributed by atoms with Crippen molar-refractivity contribution in [1.29, 1.82) is 0 Å². The van der Waals surface area contributed by atoms with Gasteiger partial charge in [-0.25, -0.2) is 9.59 Å². The molecule has 7 heteroatoms. The highest BCUT2D eigenvalue weighted by Gasteiger charge is 2.15. The molecule has 0 fully saturated rings. The molecule has 0 aliphatic rings. The molecule has 0 unspecified atom stereocenters. The van der Waals surface area contributed by atoms with E-state index in [2.05, 4.69) is 9.89 Å². The average Bonchev–Trinajstić information content (AvgIpc) is 3.02. The van der Waals surface area contributed by atoms with Crippen molar-refractivity contribution in [2.45, 2.75) is 0 Å². The summed E-state index contributed by atoms with van der Waals surface area (Å²) in [4.78, 5) is 28.4. The molecule has 2 N–H and O–H groups in total. The van der Waals surface area contributed by atoms with E-state index in [1.807, 2.05) is 6.07 Å². The molecule has 21 heavy (non-hydrogen) atoms. The molecule has 0 aliphatic heterocycles. The number of hydrogen-bond donors (Lipinski definition) is 1. The van der Waals surface area contributed by atoms with Crippen LogP contribution in [0.5, 0.6) is 0 Å². The molecule has 0 aliphatic carbocycles. The van der Waals surface area contributed by atoms with Gasteiger partial charge in [-0.15, -0.1) is 11.3 Å². The Morgan fingerprint density at radius 2 is 1.67 bits per heavy atom. The molecular weight excluding hydrogens is 292 g/mol. The predicted octanol–water partition coefficient (Wildman–Crippen LogP) is 2.01. The molecule has 0 amide bonds. The van der Waals surface area contributed by atoms with Crippen LogP contribution in [-0.2, 0) is 9.57 Å². The number of amidine groups is 1. The molecule has 108 valence electrons. The highest BCUT2D eigenvalue weighted by Crippen LogP contribution is 2.18. The lowest BCUT2D eigenvalue weighted by Crippen LogP contribution is -2.14. The maximum absolute atomic E-state index is 11.8. The monoisotopic (exact) mass is 304 g/mol. The number of benzene rings is 1. The third-order valence-corrected chi connectivity index (χ3v) is 3.54. The highest BCUT2D eigenvalue weighted by molar-refractivity contribution is 7.15. The van der Waals surface area contributed by atoms with Crippen LogP contribution in [0.15, 0.2) is 47.6 Å². The Labute approximate surface area is 124 Å². The van der Waals surface area contributed by atoms with Crippen LogP contribution in [0.1, 0.15) is 24.9 Å². The normalized spacial score (nSPS) is 11.0. The average molecular weight is 304 g/mol. The van der Waals surface area contributed by atoms with Crippen LogP contribution in [0.3, 0.4) is 0 Å². The number of ether oxygens (including phenoxy) is 1. The fraction of sp³-hybridized carbons (Fsp3) is 0.0714. The number of oxime groups is 1. The molecule has 2 rings (SSSR count). The van der Waals surface area contributed by atoms with Gasteiger partial charge in [0, 0.05) is 5.56 Å². The standard InChI is InChI=1S/C14H12N2O4S/c1-19-13(17)10-7-8-11(21-10)14(18)20-16-12(15)9-5-3-2-4-6-9/h2-8H,1H3,(H2,15,16). The lowest BCUT2D eigenvalue weighted by Gasteiger charge is -1.99. The van der Waals surface area contributed by atoms with E-state index in [1.54, 1.807) is 24.3 Å². The maximum Gasteiger partial charge on any atom is 0.375 e. The van der Waals surface area contributed by atoms with Crippen molar-refractivity contribution < 1.29 is 19.2 Å². The summed E-state index contributed by atoms with van der Waals surface area (Å²) in [6.45, 7) is 0. The summed E-state index contributed by atoms with van der Waals surface area (Å²) in [5.41, 5.74) is 6.34. The quantitative estimate of drug-likeness (QED) is 0.307. The van der Waals surface area contributed by atoms with Crippen molar-refractivity contribution >= 4 is 29.1 Å². The predicted molar refractivity (Wildman–Crippen MR) is 78.2 cm³/mol. The number of carbonyl (C=O) groups excluding carboxylic acids is 2. The van der Waals surface area contributed by atoms with Crippen molar-refractivity contribution in [3.05, 3.63) is 57.8 Å². The molecule has 0 spiro atoms. The van der Waals surface area contributed by atoms with E-state index in [4.69, 9.17) is 10.6 Å². The van der Waals surface area contributed by atoms with E-state index in [0.717, 1.165) is 11.3 Å². The van der Waals surface area contributed by atoms with Crippen LogP contribution in [0, 0.1) is 0 Å². The molecule has 0 saturated heterocycles. The lowest BCUT2D eigenvalue weighted by molar-refractivity contribution is 0.0521. The zero-order valence-corrected chi connectivity index (χ0v) is 11.9. The van der Waals surface area contributed by atoms with Gasteiger partial charge in [0.15, 0.2) is 5.84 Å². The third-order valence-electron chi connectivity index (χ3n) is 2.49. The first-order valence-electron chi connectivity index (χ1n) is 5.90. The molecule has 1 aromatic carbocycles. The second-order valence-electron chi connectivity index (χ2n) is 3.88. The number of esters is 1. The molecule has 0 radical (unpaired) electrons. The van der Waals surface area contributed by atoms with Crippen LogP contribution in [0.4, 0.5) is 0 Å². The largest absolute Gasteiger partial charge is 0.465 e.